The molecule has 0 N–H and O–H groups in total. The van der Waals surface area contributed by atoms with Crippen LogP contribution in [0.1, 0.15) is 0 Å². The number of halogens is 1. The Morgan fingerprint density at radius 2 is 2.25 bits per heavy atom. The van der Waals surface area contributed by atoms with Crippen LogP contribution < -0.4 is 0 Å². The highest BCUT2D eigenvalue weighted by Crippen LogP contribution is 1.92. The summed E-state index contributed by atoms with van der Waals surface area (Å²) < 4.78 is 32.0. The summed E-state index contributed by atoms with van der Waals surface area (Å²) in [5, 5.41) is 4.85. The fraction of sp³-hybridized carbons (Fsp3) is 0.600. The molecule has 0 aromatic heterocycles. The van der Waals surface area contributed by atoms with Gasteiger partial charge in [-0.25, -0.2) is 0 Å². The first-order chi connectivity index (χ1) is 5.45. The van der Waals surface area contributed by atoms with Gasteiger partial charge < -0.3 is 0 Å². The average Bonchev–Trinajstić information content (AvgIpc) is 1.95. The van der Waals surface area contributed by atoms with Crippen LogP contribution in [-0.2, 0) is 10.2 Å². The summed E-state index contributed by atoms with van der Waals surface area (Å²) in [5.41, 5.74) is 0. The third kappa shape index (κ3) is 7.13. The third-order valence-corrected chi connectivity index (χ3v) is 1.66. The second kappa shape index (κ2) is 4.81. The molecule has 0 amide bonds. The van der Waals surface area contributed by atoms with Crippen LogP contribution in [0.5, 0.6) is 0 Å². The van der Waals surface area contributed by atoms with Gasteiger partial charge in [-0.1, -0.05) is 0 Å². The molecule has 0 aromatic carbocycles. The molecule has 5 nitrogen and oxygen atoms in total. The third-order valence-electron chi connectivity index (χ3n) is 0.989. The highest BCUT2D eigenvalue weighted by atomic mass is 32.3. The van der Waals surface area contributed by atoms with Crippen LogP contribution in [0.3, 0.4) is 0 Å². The van der Waals surface area contributed by atoms with Crippen LogP contribution in [0.15, 0.2) is 10.1 Å². The van der Waals surface area contributed by atoms with Crippen molar-refractivity contribution >= 4 is 23.3 Å². The SMILES string of the molecule is C=N/C=N\N(C)CCS(=O)(=O)F. The number of hydrogen-bond donors (Lipinski definition) is 0. The molecule has 0 spiro atoms. The van der Waals surface area contributed by atoms with Gasteiger partial charge >= 0.3 is 10.2 Å². The van der Waals surface area contributed by atoms with E-state index >= 15 is 0 Å². The average molecular weight is 195 g/mol. The number of hydrazone groups is 1. The molecule has 0 saturated carbocycles. The maximum atomic E-state index is 11.9. The van der Waals surface area contributed by atoms with E-state index in [0.717, 1.165) is 6.34 Å². The summed E-state index contributed by atoms with van der Waals surface area (Å²) >= 11 is 0. The fourth-order valence-electron chi connectivity index (χ4n) is 0.424. The lowest BCUT2D eigenvalue weighted by Gasteiger charge is -2.08. The molecule has 0 aliphatic heterocycles. The Morgan fingerprint density at radius 3 is 2.67 bits per heavy atom. The van der Waals surface area contributed by atoms with Gasteiger partial charge in [0.25, 0.3) is 0 Å². The molecule has 0 aromatic rings. The van der Waals surface area contributed by atoms with Crippen molar-refractivity contribution in [3.05, 3.63) is 0 Å². The van der Waals surface area contributed by atoms with Crippen LogP contribution in [0.4, 0.5) is 3.89 Å². The van der Waals surface area contributed by atoms with Crippen molar-refractivity contribution < 1.29 is 12.3 Å². The maximum Gasteiger partial charge on any atom is 0.304 e. The summed E-state index contributed by atoms with van der Waals surface area (Å²) in [6, 6.07) is 0. The summed E-state index contributed by atoms with van der Waals surface area (Å²) in [5.74, 6) is -0.571. The summed E-state index contributed by atoms with van der Waals surface area (Å²) in [4.78, 5) is 3.29. The van der Waals surface area contributed by atoms with Gasteiger partial charge in [-0.15, -0.1) is 3.89 Å². The number of nitrogens with zero attached hydrogens (tertiary/aromatic N) is 3. The zero-order valence-corrected chi connectivity index (χ0v) is 7.46. The predicted octanol–water partition coefficient (Wildman–Crippen LogP) is -0.139. The lowest BCUT2D eigenvalue weighted by atomic mass is 10.7. The highest BCUT2D eigenvalue weighted by molar-refractivity contribution is 7.86. The zero-order chi connectivity index (χ0) is 9.61. The van der Waals surface area contributed by atoms with Gasteiger partial charge in [0.05, 0.1) is 12.3 Å². The lowest BCUT2D eigenvalue weighted by Crippen LogP contribution is -2.19. The first kappa shape index (κ1) is 11.0. The molecule has 70 valence electrons. The van der Waals surface area contributed by atoms with Gasteiger partial charge in [0.15, 0.2) is 0 Å². The Balaban J connectivity index is 3.79. The van der Waals surface area contributed by atoms with E-state index in [1.165, 1.54) is 12.1 Å². The van der Waals surface area contributed by atoms with E-state index in [1.54, 1.807) is 0 Å². The molecular formula is C5H10FN3O2S. The summed E-state index contributed by atoms with van der Waals surface area (Å²) in [6.45, 7) is 3.11. The molecule has 12 heavy (non-hydrogen) atoms. The zero-order valence-electron chi connectivity index (χ0n) is 6.64. The minimum atomic E-state index is -4.41. The second-order valence-corrected chi connectivity index (χ2v) is 3.52. The van der Waals surface area contributed by atoms with Crippen molar-refractivity contribution in [3.8, 4) is 0 Å². The van der Waals surface area contributed by atoms with Crippen LogP contribution in [0.25, 0.3) is 0 Å². The summed E-state index contributed by atoms with van der Waals surface area (Å²) in [6.07, 6.45) is 1.14. The quantitative estimate of drug-likeness (QED) is 0.265. The second-order valence-electron chi connectivity index (χ2n) is 2.04. The molecule has 0 rings (SSSR count). The molecule has 7 heteroatoms. The lowest BCUT2D eigenvalue weighted by molar-refractivity contribution is 0.374. The Kier molecular flexibility index (Phi) is 4.42. The standard InChI is InChI=1S/C5H10FN3O2S/c1-7-5-8-9(2)3-4-12(6,10)11/h5H,1,3-4H2,2H3/b8-5-. The van der Waals surface area contributed by atoms with Crippen LogP contribution in [-0.4, -0.2) is 45.8 Å². The van der Waals surface area contributed by atoms with E-state index in [-0.39, 0.29) is 6.54 Å². The minimum absolute atomic E-state index is 0.00907. The molecule has 0 aliphatic carbocycles. The molecule has 0 heterocycles. The number of hydrogen-bond acceptors (Lipinski definition) is 4. The molecule has 0 bridgehead atoms. The van der Waals surface area contributed by atoms with Crippen molar-refractivity contribution in [1.82, 2.24) is 5.01 Å². The van der Waals surface area contributed by atoms with Crippen molar-refractivity contribution in [1.29, 1.82) is 0 Å². The smallest absolute Gasteiger partial charge is 0.297 e. The fourth-order valence-corrected chi connectivity index (χ4v) is 0.906. The van der Waals surface area contributed by atoms with Crippen molar-refractivity contribution in [2.75, 3.05) is 19.3 Å². The van der Waals surface area contributed by atoms with Gasteiger partial charge in [-0.05, 0) is 6.72 Å². The molecule has 0 radical (unpaired) electrons. The Bertz CT molecular complexity index is 262. The van der Waals surface area contributed by atoms with E-state index in [2.05, 4.69) is 16.8 Å². The molecule has 0 saturated heterocycles. The van der Waals surface area contributed by atoms with E-state index in [0.29, 0.717) is 0 Å². The molecule has 0 atom stereocenters. The number of aliphatic imine (C=N–C) groups is 1. The van der Waals surface area contributed by atoms with E-state index in [1.807, 2.05) is 0 Å². The van der Waals surface area contributed by atoms with Crippen molar-refractivity contribution in [2.24, 2.45) is 10.1 Å². The first-order valence-corrected chi connectivity index (χ1v) is 4.63. The Labute approximate surface area is 70.8 Å². The monoisotopic (exact) mass is 195 g/mol. The normalized spacial score (nSPS) is 11.8. The van der Waals surface area contributed by atoms with E-state index in [4.69, 9.17) is 0 Å². The largest absolute Gasteiger partial charge is 0.304 e. The van der Waals surface area contributed by atoms with Gasteiger partial charge in [-0.2, -0.15) is 13.5 Å². The molecule has 0 unspecified atom stereocenters. The predicted molar refractivity (Wildman–Crippen MR) is 45.6 cm³/mol. The molecule has 0 fully saturated rings. The maximum absolute atomic E-state index is 11.9. The van der Waals surface area contributed by atoms with Gasteiger partial charge in [0.1, 0.15) is 6.34 Å². The van der Waals surface area contributed by atoms with Gasteiger partial charge in [0.2, 0.25) is 0 Å². The van der Waals surface area contributed by atoms with Crippen LogP contribution >= 0.6 is 0 Å². The van der Waals surface area contributed by atoms with E-state index < -0.39 is 16.0 Å². The Hall–Kier alpha value is -0.980. The van der Waals surface area contributed by atoms with Crippen molar-refractivity contribution in [3.63, 3.8) is 0 Å². The van der Waals surface area contributed by atoms with Crippen LogP contribution in [0, 0.1) is 0 Å². The Morgan fingerprint density at radius 1 is 1.67 bits per heavy atom. The highest BCUT2D eigenvalue weighted by Gasteiger charge is 2.07. The van der Waals surface area contributed by atoms with Crippen LogP contribution in [0.2, 0.25) is 0 Å². The molecular weight excluding hydrogens is 185 g/mol. The van der Waals surface area contributed by atoms with Gasteiger partial charge in [0, 0.05) is 7.05 Å². The van der Waals surface area contributed by atoms with E-state index in [9.17, 15) is 12.3 Å². The molecule has 0 aliphatic rings. The van der Waals surface area contributed by atoms with Gasteiger partial charge in [-0.3, -0.25) is 10.0 Å². The topological polar surface area (TPSA) is 62.1 Å². The summed E-state index contributed by atoms with van der Waals surface area (Å²) in [7, 11) is -2.90. The first-order valence-electron chi connectivity index (χ1n) is 3.07. The van der Waals surface area contributed by atoms with Crippen molar-refractivity contribution in [2.45, 2.75) is 0 Å². The minimum Gasteiger partial charge on any atom is -0.297 e. The number of rotatable bonds is 5.